The Morgan fingerprint density at radius 2 is 1.91 bits per heavy atom. The molecule has 1 heterocycles. The number of hydrogen-bond donors (Lipinski definition) is 3. The van der Waals surface area contributed by atoms with Crippen LogP contribution in [0.25, 0.3) is 0 Å². The number of carbonyl (C=O) groups excluding carboxylic acids is 3. The summed E-state index contributed by atoms with van der Waals surface area (Å²) in [7, 11) is 5.79. The summed E-state index contributed by atoms with van der Waals surface area (Å²) in [6.07, 6.45) is -1.37. The fourth-order valence-corrected chi connectivity index (χ4v) is 5.81. The molecule has 0 saturated carbocycles. The molecule has 3 N–H and O–H groups in total. The van der Waals surface area contributed by atoms with E-state index in [1.807, 2.05) is 21.1 Å². The Balaban J connectivity index is 3.13. The summed E-state index contributed by atoms with van der Waals surface area (Å²) in [6.45, 7) is -0.523. The van der Waals surface area contributed by atoms with Gasteiger partial charge in [0.25, 0.3) is 0 Å². The van der Waals surface area contributed by atoms with Gasteiger partial charge in [-0.1, -0.05) is 13.8 Å². The normalized spacial score (nSPS) is 23.8. The number of amides is 2. The highest BCUT2D eigenvalue weighted by Crippen LogP contribution is 2.62. The third kappa shape index (κ3) is 10.3. The topological polar surface area (TPSA) is 157 Å². The molecule has 1 aliphatic rings. The predicted octanol–water partition coefficient (Wildman–Crippen LogP) is 0.226. The van der Waals surface area contributed by atoms with Gasteiger partial charge in [0.05, 0.1) is 21.1 Å². The van der Waals surface area contributed by atoms with E-state index < -0.39 is 42.8 Å². The molecule has 32 heavy (non-hydrogen) atoms. The largest absolute Gasteiger partial charge is 0.473 e. The van der Waals surface area contributed by atoms with Crippen LogP contribution in [0, 0.1) is 5.41 Å². The zero-order valence-corrected chi connectivity index (χ0v) is 20.8. The molecule has 2 atom stereocenters. The summed E-state index contributed by atoms with van der Waals surface area (Å²) in [5.41, 5.74) is -1.26. The van der Waals surface area contributed by atoms with Gasteiger partial charge in [0.15, 0.2) is 6.10 Å². The maximum atomic E-state index is 13.5. The van der Waals surface area contributed by atoms with Crippen molar-refractivity contribution in [2.45, 2.75) is 26.4 Å². The van der Waals surface area contributed by atoms with Gasteiger partial charge in [-0.3, -0.25) is 18.6 Å². The minimum Gasteiger partial charge on any atom is -0.473 e. The number of likely N-dealkylation sites (N-methyl/N-ethyl adjacent to an activating group) is 1. The van der Waals surface area contributed by atoms with Gasteiger partial charge in [-0.2, -0.15) is 0 Å². The van der Waals surface area contributed by atoms with E-state index in [0.717, 1.165) is 11.4 Å². The number of aliphatic carboxylic acids is 1. The molecule has 14 heteroatoms. The second-order valence-electron chi connectivity index (χ2n) is 8.87. The zero-order valence-electron chi connectivity index (χ0n) is 19.0. The fraction of sp³-hybridized carbons (Fsp3) is 0.778. The van der Waals surface area contributed by atoms with Gasteiger partial charge in [0.1, 0.15) is 19.8 Å². The number of nitrogens with one attached hydrogen (secondary N) is 2. The van der Waals surface area contributed by atoms with Crippen LogP contribution in [0.15, 0.2) is 0 Å². The van der Waals surface area contributed by atoms with E-state index in [1.165, 1.54) is 13.8 Å². The van der Waals surface area contributed by atoms with E-state index in [-0.39, 0.29) is 37.8 Å². The van der Waals surface area contributed by atoms with E-state index in [4.69, 9.17) is 18.9 Å². The second-order valence-corrected chi connectivity index (χ2v) is 13.0. The van der Waals surface area contributed by atoms with Crippen LogP contribution < -0.4 is 10.6 Å². The van der Waals surface area contributed by atoms with Crippen LogP contribution in [0.5, 0.6) is 0 Å². The molecule has 1 fully saturated rings. The summed E-state index contributed by atoms with van der Waals surface area (Å²) in [6, 6.07) is 0. The number of carbonyl (C=O) groups is 4. The number of carboxylic acids is 1. The fourth-order valence-electron chi connectivity index (χ4n) is 2.42. The van der Waals surface area contributed by atoms with Crippen molar-refractivity contribution in [2.24, 2.45) is 5.41 Å². The van der Waals surface area contributed by atoms with Gasteiger partial charge < -0.3 is 25.0 Å². The standard InChI is InChI=1S/C18H32N3O9PS/c1-18(2,12-28-17(26)16(24)25)14-15(23)20-7-6-13(22)19-8-11-32-31(27,30-14)29-10-9-21(3,4)5/h14H,6-12H2,1-5H3,(H2-,19,20,22,23,24,25)/p+1/t14-,31?/m0/s1. The van der Waals surface area contributed by atoms with Crippen molar-refractivity contribution >= 4 is 41.9 Å². The second kappa shape index (κ2) is 12.0. The first kappa shape index (κ1) is 28.4. The number of hydrogen-bond acceptors (Lipinski definition) is 9. The zero-order chi connectivity index (χ0) is 24.6. The Morgan fingerprint density at radius 1 is 1.25 bits per heavy atom. The van der Waals surface area contributed by atoms with E-state index in [2.05, 4.69) is 10.6 Å². The molecule has 184 valence electrons. The molecule has 0 aromatic rings. The lowest BCUT2D eigenvalue weighted by Crippen LogP contribution is -2.48. The number of rotatable bonds is 7. The molecule has 0 aromatic carbocycles. The Bertz CT molecular complexity index is 754. The molecule has 1 rings (SSSR count). The van der Waals surface area contributed by atoms with Gasteiger partial charge in [-0.25, -0.2) is 14.2 Å². The van der Waals surface area contributed by atoms with Crippen LogP contribution in [0.3, 0.4) is 0 Å². The minimum absolute atomic E-state index is 0.00925. The van der Waals surface area contributed by atoms with Crippen molar-refractivity contribution in [3.05, 3.63) is 0 Å². The lowest BCUT2D eigenvalue weighted by atomic mass is 9.87. The van der Waals surface area contributed by atoms with Crippen LogP contribution in [0.2, 0.25) is 0 Å². The lowest BCUT2D eigenvalue weighted by Gasteiger charge is -2.34. The highest BCUT2D eigenvalue weighted by atomic mass is 32.7. The number of ether oxygens (including phenoxy) is 1. The first-order valence-corrected chi connectivity index (χ1v) is 13.1. The minimum atomic E-state index is -3.89. The Morgan fingerprint density at radius 3 is 2.50 bits per heavy atom. The number of esters is 1. The smallest absolute Gasteiger partial charge is 0.417 e. The van der Waals surface area contributed by atoms with Crippen molar-refractivity contribution in [2.75, 3.05) is 59.7 Å². The predicted molar refractivity (Wildman–Crippen MR) is 117 cm³/mol. The highest BCUT2D eigenvalue weighted by molar-refractivity contribution is 8.55. The summed E-state index contributed by atoms with van der Waals surface area (Å²) < 4.78 is 30.1. The molecular formula is C18H33N3O9PS+. The molecular weight excluding hydrogens is 465 g/mol. The van der Waals surface area contributed by atoms with Crippen molar-refractivity contribution < 1.29 is 47.1 Å². The molecule has 12 nitrogen and oxygen atoms in total. The molecule has 0 aromatic heterocycles. The van der Waals surface area contributed by atoms with Gasteiger partial charge >= 0.3 is 18.7 Å². The SMILES string of the molecule is CC(C)(COC(=O)C(=O)O)[C@H]1OP(=O)(OCC[N+](C)(C)C)SCCNC(=O)CCNC1=O. The first-order chi connectivity index (χ1) is 14.7. The van der Waals surface area contributed by atoms with Gasteiger partial charge in [0, 0.05) is 30.7 Å². The number of quaternary nitrogens is 1. The molecule has 0 bridgehead atoms. The third-order valence-corrected chi connectivity index (χ3v) is 8.01. The molecule has 0 radical (unpaired) electrons. The van der Waals surface area contributed by atoms with Crippen LogP contribution in [0.4, 0.5) is 0 Å². The average molecular weight is 499 g/mol. The molecule has 0 spiro atoms. The number of carboxylic acid groups (broad SMARTS) is 1. The van der Waals surface area contributed by atoms with Crippen molar-refractivity contribution in [1.82, 2.24) is 10.6 Å². The first-order valence-electron chi connectivity index (χ1n) is 9.98. The summed E-state index contributed by atoms with van der Waals surface area (Å²) >= 11 is 0.850. The quantitative estimate of drug-likeness (QED) is 0.192. The monoisotopic (exact) mass is 498 g/mol. The van der Waals surface area contributed by atoms with Crippen LogP contribution >= 0.6 is 18.2 Å². The third-order valence-electron chi connectivity index (χ3n) is 4.27. The van der Waals surface area contributed by atoms with Crippen molar-refractivity contribution in [1.29, 1.82) is 0 Å². The number of nitrogens with zero attached hydrogens (tertiary/aromatic N) is 1. The van der Waals surface area contributed by atoms with Crippen molar-refractivity contribution in [3.63, 3.8) is 0 Å². The van der Waals surface area contributed by atoms with E-state index in [9.17, 15) is 23.7 Å². The Labute approximate surface area is 191 Å². The molecule has 2 amide bonds. The molecule has 1 saturated heterocycles. The van der Waals surface area contributed by atoms with Gasteiger partial charge in [0.2, 0.25) is 11.8 Å². The molecule has 0 aliphatic carbocycles. The van der Waals surface area contributed by atoms with Crippen LogP contribution in [-0.2, 0) is 37.5 Å². The molecule has 1 aliphatic heterocycles. The summed E-state index contributed by atoms with van der Waals surface area (Å²) in [4.78, 5) is 46.8. The van der Waals surface area contributed by atoms with Gasteiger partial charge in [-0.05, 0) is 11.4 Å². The van der Waals surface area contributed by atoms with E-state index in [1.54, 1.807) is 0 Å². The van der Waals surface area contributed by atoms with E-state index in [0.29, 0.717) is 11.0 Å². The lowest BCUT2D eigenvalue weighted by molar-refractivity contribution is -0.870. The maximum absolute atomic E-state index is 13.5. The summed E-state index contributed by atoms with van der Waals surface area (Å²) in [5, 5.41) is 13.9. The van der Waals surface area contributed by atoms with Crippen molar-refractivity contribution in [3.8, 4) is 0 Å². The Hall–Kier alpha value is -1.66. The maximum Gasteiger partial charge on any atom is 0.417 e. The van der Waals surface area contributed by atoms with Gasteiger partial charge in [-0.15, -0.1) is 0 Å². The highest BCUT2D eigenvalue weighted by Gasteiger charge is 2.44. The average Bonchev–Trinajstić information content (AvgIpc) is 2.65. The van der Waals surface area contributed by atoms with Crippen LogP contribution in [-0.4, -0.2) is 99.2 Å². The molecule has 1 unspecified atom stereocenters. The summed E-state index contributed by atoms with van der Waals surface area (Å²) in [5.74, 6) is -4.01. The Kier molecular flexibility index (Phi) is 10.6. The van der Waals surface area contributed by atoms with Crippen LogP contribution in [0.1, 0.15) is 20.3 Å². The van der Waals surface area contributed by atoms with E-state index >= 15 is 0 Å².